The number of halogens is 3. The summed E-state index contributed by atoms with van der Waals surface area (Å²) in [5, 5.41) is 0. The van der Waals surface area contributed by atoms with Crippen molar-refractivity contribution in [3.63, 3.8) is 0 Å². The Labute approximate surface area is 120 Å². The van der Waals surface area contributed by atoms with Gasteiger partial charge in [-0.1, -0.05) is 25.1 Å². The smallest absolute Gasteiger partial charge is 0.368 e. The van der Waals surface area contributed by atoms with E-state index in [1.165, 1.54) is 13.1 Å². The molecule has 0 aliphatic rings. The predicted octanol–water partition coefficient (Wildman–Crippen LogP) is 2.14. The lowest BCUT2D eigenvalue weighted by Crippen LogP contribution is -2.35. The van der Waals surface area contributed by atoms with E-state index in [0.29, 0.717) is 5.56 Å². The lowest BCUT2D eigenvalue weighted by atomic mass is 9.95. The Bertz CT molecular complexity index is 529. The molecule has 0 fully saturated rings. The number of rotatable bonds is 5. The van der Waals surface area contributed by atoms with Crippen LogP contribution >= 0.6 is 0 Å². The molecule has 1 aromatic carbocycles. The van der Waals surface area contributed by atoms with Gasteiger partial charge in [-0.15, -0.1) is 0 Å². The standard InChI is InChI=1S/C14H17F3N2O2/c1-9(6-13(21)19(2)8-12(18)20)10-4-3-5-11(7-10)14(15,16)17/h3-5,7,9H,6,8H2,1-2H3,(H2,18,20). The second-order valence-corrected chi connectivity index (χ2v) is 4.94. The van der Waals surface area contributed by atoms with E-state index in [1.807, 2.05) is 0 Å². The fraction of sp³-hybridized carbons (Fsp3) is 0.429. The molecular weight excluding hydrogens is 285 g/mol. The Morgan fingerprint density at radius 2 is 1.95 bits per heavy atom. The number of likely N-dealkylation sites (N-methyl/N-ethyl adjacent to an activating group) is 1. The van der Waals surface area contributed by atoms with Crippen molar-refractivity contribution in [3.8, 4) is 0 Å². The summed E-state index contributed by atoms with van der Waals surface area (Å²) >= 11 is 0. The molecule has 7 heteroatoms. The van der Waals surface area contributed by atoms with Gasteiger partial charge in [-0.05, 0) is 17.5 Å². The van der Waals surface area contributed by atoms with Crippen LogP contribution in [0.3, 0.4) is 0 Å². The molecule has 1 atom stereocenters. The summed E-state index contributed by atoms with van der Waals surface area (Å²) in [6.07, 6.45) is -4.41. The van der Waals surface area contributed by atoms with E-state index in [0.717, 1.165) is 17.0 Å². The van der Waals surface area contributed by atoms with E-state index in [4.69, 9.17) is 5.73 Å². The summed E-state index contributed by atoms with van der Waals surface area (Å²) in [5.74, 6) is -1.38. The van der Waals surface area contributed by atoms with Crippen molar-refractivity contribution in [2.24, 2.45) is 5.73 Å². The van der Waals surface area contributed by atoms with Crippen LogP contribution in [0.15, 0.2) is 24.3 Å². The normalized spacial score (nSPS) is 12.8. The van der Waals surface area contributed by atoms with Gasteiger partial charge in [0, 0.05) is 13.5 Å². The van der Waals surface area contributed by atoms with Crippen LogP contribution in [0.25, 0.3) is 0 Å². The maximum atomic E-state index is 12.6. The van der Waals surface area contributed by atoms with Crippen LogP contribution in [-0.2, 0) is 15.8 Å². The van der Waals surface area contributed by atoms with E-state index >= 15 is 0 Å². The van der Waals surface area contributed by atoms with E-state index in [2.05, 4.69) is 0 Å². The molecule has 0 saturated carbocycles. The monoisotopic (exact) mass is 302 g/mol. The number of carbonyl (C=O) groups excluding carboxylic acids is 2. The minimum atomic E-state index is -4.41. The van der Waals surface area contributed by atoms with E-state index in [9.17, 15) is 22.8 Å². The first-order valence-corrected chi connectivity index (χ1v) is 6.30. The molecule has 0 bridgehead atoms. The summed E-state index contributed by atoms with van der Waals surface area (Å²) < 4.78 is 37.9. The van der Waals surface area contributed by atoms with Crippen molar-refractivity contribution in [2.45, 2.75) is 25.4 Å². The number of carbonyl (C=O) groups is 2. The summed E-state index contributed by atoms with van der Waals surface area (Å²) in [7, 11) is 1.42. The van der Waals surface area contributed by atoms with Gasteiger partial charge in [0.2, 0.25) is 11.8 Å². The Kier molecular flexibility index (Phi) is 5.34. The highest BCUT2D eigenvalue weighted by atomic mass is 19.4. The molecule has 1 rings (SSSR count). The number of nitrogens with two attached hydrogens (primary N) is 1. The molecular formula is C14H17F3N2O2. The van der Waals surface area contributed by atoms with Crippen molar-refractivity contribution >= 4 is 11.8 Å². The molecule has 0 aliphatic carbocycles. The molecule has 0 aromatic heterocycles. The SMILES string of the molecule is CC(CC(=O)N(C)CC(N)=O)c1cccc(C(F)(F)F)c1. The predicted molar refractivity (Wildman–Crippen MR) is 71.3 cm³/mol. The van der Waals surface area contributed by atoms with Gasteiger partial charge in [-0.2, -0.15) is 13.2 Å². The highest BCUT2D eigenvalue weighted by Crippen LogP contribution is 2.31. The molecule has 21 heavy (non-hydrogen) atoms. The summed E-state index contributed by atoms with van der Waals surface area (Å²) in [6.45, 7) is 1.44. The average Bonchev–Trinajstić information content (AvgIpc) is 2.37. The summed E-state index contributed by atoms with van der Waals surface area (Å²) in [5.41, 5.74) is 4.66. The number of hydrogen-bond acceptors (Lipinski definition) is 2. The first-order valence-electron chi connectivity index (χ1n) is 6.30. The number of hydrogen-bond donors (Lipinski definition) is 1. The zero-order chi connectivity index (χ0) is 16.2. The minimum absolute atomic E-state index is 0.00505. The quantitative estimate of drug-likeness (QED) is 0.905. The third-order valence-corrected chi connectivity index (χ3v) is 3.08. The van der Waals surface area contributed by atoms with E-state index in [1.54, 1.807) is 13.0 Å². The van der Waals surface area contributed by atoms with Crippen LogP contribution in [0.1, 0.15) is 30.4 Å². The zero-order valence-corrected chi connectivity index (χ0v) is 11.8. The first-order chi connectivity index (χ1) is 9.61. The van der Waals surface area contributed by atoms with Gasteiger partial charge in [0.25, 0.3) is 0 Å². The van der Waals surface area contributed by atoms with Gasteiger partial charge in [-0.3, -0.25) is 9.59 Å². The van der Waals surface area contributed by atoms with Gasteiger partial charge in [-0.25, -0.2) is 0 Å². The fourth-order valence-corrected chi connectivity index (χ4v) is 1.88. The van der Waals surface area contributed by atoms with Crippen LogP contribution in [0.5, 0.6) is 0 Å². The number of benzene rings is 1. The lowest BCUT2D eigenvalue weighted by molar-refractivity contribution is -0.137. The molecule has 0 spiro atoms. The van der Waals surface area contributed by atoms with Gasteiger partial charge in [0.15, 0.2) is 0 Å². The Morgan fingerprint density at radius 1 is 1.33 bits per heavy atom. The van der Waals surface area contributed by atoms with Crippen LogP contribution in [-0.4, -0.2) is 30.3 Å². The summed E-state index contributed by atoms with van der Waals surface area (Å²) in [4.78, 5) is 23.7. The molecule has 4 nitrogen and oxygen atoms in total. The van der Waals surface area contributed by atoms with Crippen molar-refractivity contribution in [3.05, 3.63) is 35.4 Å². The molecule has 116 valence electrons. The van der Waals surface area contributed by atoms with Crippen LogP contribution in [0.2, 0.25) is 0 Å². The van der Waals surface area contributed by atoms with Crippen LogP contribution < -0.4 is 5.73 Å². The number of nitrogens with zero attached hydrogens (tertiary/aromatic N) is 1. The number of amides is 2. The minimum Gasteiger partial charge on any atom is -0.368 e. The third-order valence-electron chi connectivity index (χ3n) is 3.08. The van der Waals surface area contributed by atoms with Crippen molar-refractivity contribution < 1.29 is 22.8 Å². The second kappa shape index (κ2) is 6.60. The lowest BCUT2D eigenvalue weighted by Gasteiger charge is -2.19. The second-order valence-electron chi connectivity index (χ2n) is 4.94. The largest absolute Gasteiger partial charge is 0.416 e. The fourth-order valence-electron chi connectivity index (χ4n) is 1.88. The number of primary amides is 1. The summed E-state index contributed by atoms with van der Waals surface area (Å²) in [6, 6.07) is 4.87. The maximum absolute atomic E-state index is 12.6. The molecule has 2 amide bonds. The molecule has 1 unspecified atom stereocenters. The van der Waals surface area contributed by atoms with E-state index in [-0.39, 0.29) is 18.9 Å². The Morgan fingerprint density at radius 3 is 2.48 bits per heavy atom. The Balaban J connectivity index is 2.78. The molecule has 0 radical (unpaired) electrons. The van der Waals surface area contributed by atoms with Gasteiger partial charge < -0.3 is 10.6 Å². The highest BCUT2D eigenvalue weighted by Gasteiger charge is 2.30. The van der Waals surface area contributed by atoms with Crippen molar-refractivity contribution in [1.82, 2.24) is 4.90 Å². The van der Waals surface area contributed by atoms with E-state index < -0.39 is 23.6 Å². The molecule has 0 aliphatic heterocycles. The molecule has 1 aromatic rings. The Hall–Kier alpha value is -2.05. The van der Waals surface area contributed by atoms with Crippen molar-refractivity contribution in [1.29, 1.82) is 0 Å². The molecule has 2 N–H and O–H groups in total. The average molecular weight is 302 g/mol. The molecule has 0 saturated heterocycles. The molecule has 0 heterocycles. The maximum Gasteiger partial charge on any atom is 0.416 e. The van der Waals surface area contributed by atoms with Gasteiger partial charge in [0.05, 0.1) is 12.1 Å². The first kappa shape index (κ1) is 17.0. The third kappa shape index (κ3) is 5.09. The topological polar surface area (TPSA) is 63.4 Å². The van der Waals surface area contributed by atoms with Gasteiger partial charge >= 0.3 is 6.18 Å². The zero-order valence-electron chi connectivity index (χ0n) is 11.8. The number of alkyl halides is 3. The highest BCUT2D eigenvalue weighted by molar-refractivity contribution is 5.83. The van der Waals surface area contributed by atoms with Gasteiger partial charge in [0.1, 0.15) is 0 Å². The van der Waals surface area contributed by atoms with Crippen LogP contribution in [0.4, 0.5) is 13.2 Å². The van der Waals surface area contributed by atoms with Crippen molar-refractivity contribution in [2.75, 3.05) is 13.6 Å². The van der Waals surface area contributed by atoms with Crippen LogP contribution in [0, 0.1) is 0 Å².